The summed E-state index contributed by atoms with van der Waals surface area (Å²) in [6.07, 6.45) is 1.83. The summed E-state index contributed by atoms with van der Waals surface area (Å²) in [7, 11) is 1.89. The molecule has 0 bridgehead atoms. The van der Waals surface area contributed by atoms with Crippen molar-refractivity contribution in [2.75, 3.05) is 33.4 Å². The maximum absolute atomic E-state index is 12.1. The highest BCUT2D eigenvalue weighted by Crippen LogP contribution is 2.28. The first-order valence-electron chi connectivity index (χ1n) is 7.55. The van der Waals surface area contributed by atoms with Crippen molar-refractivity contribution in [3.63, 3.8) is 0 Å². The summed E-state index contributed by atoms with van der Waals surface area (Å²) in [4.78, 5) is 12.1. The molecular formula is C16H27ClN2O3. The zero-order chi connectivity index (χ0) is 15.5. The van der Waals surface area contributed by atoms with E-state index < -0.39 is 0 Å². The van der Waals surface area contributed by atoms with Crippen LogP contribution in [0.5, 0.6) is 11.5 Å². The fourth-order valence-electron chi connectivity index (χ4n) is 1.82. The van der Waals surface area contributed by atoms with Gasteiger partial charge in [-0.1, -0.05) is 6.92 Å². The quantitative estimate of drug-likeness (QED) is 0.647. The molecule has 126 valence electrons. The van der Waals surface area contributed by atoms with Crippen LogP contribution in [0.3, 0.4) is 0 Å². The molecule has 2 N–H and O–H groups in total. The van der Waals surface area contributed by atoms with Gasteiger partial charge in [-0.15, -0.1) is 12.4 Å². The lowest BCUT2D eigenvalue weighted by Gasteiger charge is -2.13. The van der Waals surface area contributed by atoms with E-state index in [9.17, 15) is 4.79 Å². The van der Waals surface area contributed by atoms with Crippen LogP contribution in [-0.4, -0.2) is 39.3 Å². The van der Waals surface area contributed by atoms with E-state index in [1.807, 2.05) is 20.9 Å². The highest BCUT2D eigenvalue weighted by Gasteiger charge is 2.11. The molecule has 0 aromatic heterocycles. The number of carbonyl (C=O) groups excluding carboxylic acids is 1. The van der Waals surface area contributed by atoms with Gasteiger partial charge in [-0.3, -0.25) is 4.79 Å². The van der Waals surface area contributed by atoms with E-state index in [4.69, 9.17) is 9.47 Å². The molecule has 5 nitrogen and oxygen atoms in total. The zero-order valence-corrected chi connectivity index (χ0v) is 14.4. The van der Waals surface area contributed by atoms with E-state index in [0.717, 1.165) is 19.4 Å². The van der Waals surface area contributed by atoms with Gasteiger partial charge in [0.15, 0.2) is 11.5 Å². The third-order valence-electron chi connectivity index (χ3n) is 2.86. The van der Waals surface area contributed by atoms with Crippen molar-refractivity contribution in [2.45, 2.75) is 26.7 Å². The zero-order valence-electron chi connectivity index (χ0n) is 13.6. The van der Waals surface area contributed by atoms with Gasteiger partial charge in [0.2, 0.25) is 0 Å². The highest BCUT2D eigenvalue weighted by atomic mass is 35.5. The summed E-state index contributed by atoms with van der Waals surface area (Å²) < 4.78 is 11.2. The average molecular weight is 331 g/mol. The van der Waals surface area contributed by atoms with Crippen molar-refractivity contribution in [1.29, 1.82) is 0 Å². The summed E-state index contributed by atoms with van der Waals surface area (Å²) in [6.45, 7) is 6.67. The Bertz CT molecular complexity index is 441. The van der Waals surface area contributed by atoms with Crippen LogP contribution in [0, 0.1) is 0 Å². The number of hydrogen-bond acceptors (Lipinski definition) is 4. The van der Waals surface area contributed by atoms with Crippen LogP contribution in [0.2, 0.25) is 0 Å². The molecule has 22 heavy (non-hydrogen) atoms. The molecule has 1 amide bonds. The average Bonchev–Trinajstić information content (AvgIpc) is 2.50. The van der Waals surface area contributed by atoms with Crippen LogP contribution in [0.1, 0.15) is 37.0 Å². The Kier molecular flexibility index (Phi) is 11.3. The maximum atomic E-state index is 12.1. The van der Waals surface area contributed by atoms with E-state index in [1.165, 1.54) is 0 Å². The number of rotatable bonds is 10. The van der Waals surface area contributed by atoms with E-state index in [-0.39, 0.29) is 18.3 Å². The third kappa shape index (κ3) is 7.00. The molecule has 0 aliphatic rings. The van der Waals surface area contributed by atoms with Crippen LogP contribution in [0.25, 0.3) is 0 Å². The molecule has 0 unspecified atom stereocenters. The Labute approximate surface area is 139 Å². The summed E-state index contributed by atoms with van der Waals surface area (Å²) in [5.41, 5.74) is 0.590. The van der Waals surface area contributed by atoms with Gasteiger partial charge in [0.1, 0.15) is 0 Å². The van der Waals surface area contributed by atoms with Crippen LogP contribution in [0.4, 0.5) is 0 Å². The van der Waals surface area contributed by atoms with E-state index in [0.29, 0.717) is 36.8 Å². The van der Waals surface area contributed by atoms with Crippen LogP contribution < -0.4 is 20.1 Å². The lowest BCUT2D eigenvalue weighted by Crippen LogP contribution is -2.26. The first-order valence-corrected chi connectivity index (χ1v) is 7.55. The summed E-state index contributed by atoms with van der Waals surface area (Å²) in [5, 5.41) is 5.94. The lowest BCUT2D eigenvalue weighted by molar-refractivity contribution is 0.0952. The smallest absolute Gasteiger partial charge is 0.251 e. The van der Waals surface area contributed by atoms with Gasteiger partial charge < -0.3 is 20.1 Å². The van der Waals surface area contributed by atoms with Gasteiger partial charge in [-0.05, 0) is 51.6 Å². The first kappa shape index (κ1) is 20.5. The molecule has 0 radical (unpaired) electrons. The molecule has 1 rings (SSSR count). The number of amides is 1. The topological polar surface area (TPSA) is 59.6 Å². The molecule has 1 aromatic rings. The second-order valence-electron chi connectivity index (χ2n) is 4.66. The third-order valence-corrected chi connectivity index (χ3v) is 2.86. The van der Waals surface area contributed by atoms with Crippen molar-refractivity contribution < 1.29 is 14.3 Å². The molecule has 0 spiro atoms. The van der Waals surface area contributed by atoms with Crippen LogP contribution in [0.15, 0.2) is 18.2 Å². The molecule has 0 saturated heterocycles. The highest BCUT2D eigenvalue weighted by molar-refractivity contribution is 5.94. The van der Waals surface area contributed by atoms with Gasteiger partial charge in [-0.25, -0.2) is 0 Å². The second kappa shape index (κ2) is 12.1. The Morgan fingerprint density at radius 1 is 1.14 bits per heavy atom. The van der Waals surface area contributed by atoms with Gasteiger partial charge in [-0.2, -0.15) is 0 Å². The van der Waals surface area contributed by atoms with Crippen molar-refractivity contribution in [3.05, 3.63) is 23.8 Å². The van der Waals surface area contributed by atoms with Gasteiger partial charge in [0.05, 0.1) is 13.2 Å². The largest absolute Gasteiger partial charge is 0.490 e. The first-order chi connectivity index (χ1) is 10.2. The molecule has 1 aromatic carbocycles. The molecule has 6 heteroatoms. The minimum Gasteiger partial charge on any atom is -0.490 e. The van der Waals surface area contributed by atoms with E-state index in [1.54, 1.807) is 18.2 Å². The Morgan fingerprint density at radius 2 is 1.91 bits per heavy atom. The summed E-state index contributed by atoms with van der Waals surface area (Å²) in [5.74, 6) is 1.22. The fraction of sp³-hybridized carbons (Fsp3) is 0.562. The van der Waals surface area contributed by atoms with Crippen molar-refractivity contribution in [2.24, 2.45) is 0 Å². The number of ether oxygens (including phenoxy) is 2. The van der Waals surface area contributed by atoms with Crippen molar-refractivity contribution in [3.8, 4) is 11.5 Å². The number of benzene rings is 1. The lowest BCUT2D eigenvalue weighted by atomic mass is 10.2. The monoisotopic (exact) mass is 330 g/mol. The van der Waals surface area contributed by atoms with Crippen LogP contribution in [-0.2, 0) is 0 Å². The Balaban J connectivity index is 0.00000441. The van der Waals surface area contributed by atoms with Crippen molar-refractivity contribution >= 4 is 18.3 Å². The number of halogens is 1. The summed E-state index contributed by atoms with van der Waals surface area (Å²) >= 11 is 0. The predicted octanol–water partition coefficient (Wildman–Crippen LogP) is 2.64. The number of carbonyl (C=O) groups is 1. The minimum atomic E-state index is -0.0888. The standard InChI is InChI=1S/C16H26N2O3.ClH/c1-4-11-21-14-8-7-13(12-15(14)20-5-2)16(19)18-10-6-9-17-3;/h7-8,12,17H,4-6,9-11H2,1-3H3,(H,18,19);1H. The molecule has 0 aliphatic carbocycles. The van der Waals surface area contributed by atoms with E-state index >= 15 is 0 Å². The Hall–Kier alpha value is -1.46. The molecule has 0 heterocycles. The van der Waals surface area contributed by atoms with Gasteiger partial charge in [0.25, 0.3) is 5.91 Å². The maximum Gasteiger partial charge on any atom is 0.251 e. The minimum absolute atomic E-state index is 0. The Morgan fingerprint density at radius 3 is 2.55 bits per heavy atom. The summed E-state index contributed by atoms with van der Waals surface area (Å²) in [6, 6.07) is 5.30. The number of hydrogen-bond donors (Lipinski definition) is 2. The molecule has 0 fully saturated rings. The predicted molar refractivity (Wildman–Crippen MR) is 91.5 cm³/mol. The van der Waals surface area contributed by atoms with E-state index in [2.05, 4.69) is 10.6 Å². The second-order valence-corrected chi connectivity index (χ2v) is 4.66. The van der Waals surface area contributed by atoms with Gasteiger partial charge in [0, 0.05) is 12.1 Å². The molecule has 0 saturated carbocycles. The molecular weight excluding hydrogens is 304 g/mol. The molecule has 0 atom stereocenters. The number of nitrogens with one attached hydrogen (secondary N) is 2. The van der Waals surface area contributed by atoms with Crippen molar-refractivity contribution in [1.82, 2.24) is 10.6 Å². The molecule has 0 aliphatic heterocycles. The SMILES string of the molecule is CCCOc1ccc(C(=O)NCCCNC)cc1OCC.Cl. The fourth-order valence-corrected chi connectivity index (χ4v) is 1.82. The normalized spacial score (nSPS) is 9.77. The van der Waals surface area contributed by atoms with Gasteiger partial charge >= 0.3 is 0 Å². The van der Waals surface area contributed by atoms with Crippen LogP contribution >= 0.6 is 12.4 Å².